The highest BCUT2D eigenvalue weighted by Gasteiger charge is 2.21. The molecule has 0 radical (unpaired) electrons. The van der Waals surface area contributed by atoms with E-state index in [9.17, 15) is 4.79 Å². The van der Waals surface area contributed by atoms with E-state index >= 15 is 0 Å². The summed E-state index contributed by atoms with van der Waals surface area (Å²) in [6.07, 6.45) is 1.52. The van der Waals surface area contributed by atoms with Crippen molar-refractivity contribution in [1.29, 1.82) is 0 Å². The van der Waals surface area contributed by atoms with E-state index in [1.54, 1.807) is 26.0 Å². The van der Waals surface area contributed by atoms with Crippen LogP contribution >= 0.6 is 11.6 Å². The van der Waals surface area contributed by atoms with Crippen LogP contribution in [0.4, 0.5) is 5.69 Å². The van der Waals surface area contributed by atoms with Crippen molar-refractivity contribution in [3.8, 4) is 0 Å². The summed E-state index contributed by atoms with van der Waals surface area (Å²) in [5, 5.41) is 2.97. The standard InChI is InChI=1S/C9H12ClN3O/c1-9(2,11)8(14)13-6-3-4-12-7(10)5-6/h3-5H,11H2,1-2H3,(H,12,13,14). The first-order valence-corrected chi connectivity index (χ1v) is 4.49. The van der Waals surface area contributed by atoms with Crippen molar-refractivity contribution in [2.45, 2.75) is 19.4 Å². The zero-order valence-electron chi connectivity index (χ0n) is 8.04. The van der Waals surface area contributed by atoms with Crippen LogP contribution in [0.1, 0.15) is 13.8 Å². The fraction of sp³-hybridized carbons (Fsp3) is 0.333. The van der Waals surface area contributed by atoms with Crippen molar-refractivity contribution in [3.05, 3.63) is 23.5 Å². The Balaban J connectivity index is 2.75. The highest BCUT2D eigenvalue weighted by atomic mass is 35.5. The SMILES string of the molecule is CC(C)(N)C(=O)Nc1ccnc(Cl)c1. The van der Waals surface area contributed by atoms with Gasteiger partial charge in [-0.25, -0.2) is 4.98 Å². The first-order chi connectivity index (χ1) is 6.39. The zero-order valence-corrected chi connectivity index (χ0v) is 8.80. The van der Waals surface area contributed by atoms with Crippen molar-refractivity contribution < 1.29 is 4.79 Å². The second-order valence-electron chi connectivity index (χ2n) is 3.54. The lowest BCUT2D eigenvalue weighted by molar-refractivity contribution is -0.120. The number of nitrogens with zero attached hydrogens (tertiary/aromatic N) is 1. The van der Waals surface area contributed by atoms with E-state index in [0.717, 1.165) is 0 Å². The van der Waals surface area contributed by atoms with Crippen LogP contribution in [-0.4, -0.2) is 16.4 Å². The van der Waals surface area contributed by atoms with Crippen molar-refractivity contribution in [2.75, 3.05) is 5.32 Å². The number of aromatic nitrogens is 1. The fourth-order valence-electron chi connectivity index (χ4n) is 0.772. The molecular formula is C9H12ClN3O. The molecule has 0 saturated carbocycles. The molecule has 0 unspecified atom stereocenters. The maximum atomic E-state index is 11.4. The predicted molar refractivity (Wildman–Crippen MR) is 56.1 cm³/mol. The van der Waals surface area contributed by atoms with E-state index in [-0.39, 0.29) is 5.91 Å². The number of carbonyl (C=O) groups is 1. The summed E-state index contributed by atoms with van der Waals surface area (Å²) >= 11 is 5.65. The number of hydrogen-bond donors (Lipinski definition) is 2. The molecule has 0 saturated heterocycles. The maximum Gasteiger partial charge on any atom is 0.243 e. The minimum absolute atomic E-state index is 0.264. The minimum Gasteiger partial charge on any atom is -0.324 e. The molecule has 1 heterocycles. The molecule has 0 spiro atoms. The lowest BCUT2D eigenvalue weighted by atomic mass is 10.1. The number of nitrogens with two attached hydrogens (primary N) is 1. The molecule has 0 aliphatic carbocycles. The minimum atomic E-state index is -0.907. The van der Waals surface area contributed by atoms with Gasteiger partial charge in [0.2, 0.25) is 5.91 Å². The van der Waals surface area contributed by atoms with Crippen molar-refractivity contribution in [2.24, 2.45) is 5.73 Å². The molecule has 0 aliphatic heterocycles. The van der Waals surface area contributed by atoms with Gasteiger partial charge in [0.15, 0.2) is 0 Å². The number of halogens is 1. The monoisotopic (exact) mass is 213 g/mol. The van der Waals surface area contributed by atoms with E-state index in [1.807, 2.05) is 0 Å². The van der Waals surface area contributed by atoms with Gasteiger partial charge in [-0.2, -0.15) is 0 Å². The molecule has 76 valence electrons. The molecule has 5 heteroatoms. The number of pyridine rings is 1. The first kappa shape index (κ1) is 10.9. The van der Waals surface area contributed by atoms with Gasteiger partial charge in [0.25, 0.3) is 0 Å². The number of anilines is 1. The molecule has 0 fully saturated rings. The van der Waals surface area contributed by atoms with Crippen LogP contribution < -0.4 is 11.1 Å². The number of carbonyl (C=O) groups excluding carboxylic acids is 1. The third-order valence-electron chi connectivity index (χ3n) is 1.57. The highest BCUT2D eigenvalue weighted by molar-refractivity contribution is 6.29. The number of hydrogen-bond acceptors (Lipinski definition) is 3. The second kappa shape index (κ2) is 3.94. The van der Waals surface area contributed by atoms with Crippen LogP contribution in [0.25, 0.3) is 0 Å². The topological polar surface area (TPSA) is 68.0 Å². The number of rotatable bonds is 2. The molecule has 1 rings (SSSR count). The average molecular weight is 214 g/mol. The summed E-state index contributed by atoms with van der Waals surface area (Å²) in [7, 11) is 0. The third-order valence-corrected chi connectivity index (χ3v) is 1.78. The molecule has 1 amide bonds. The van der Waals surface area contributed by atoms with Gasteiger partial charge in [0.1, 0.15) is 5.15 Å². The van der Waals surface area contributed by atoms with Crippen LogP contribution in [0.2, 0.25) is 5.15 Å². The van der Waals surface area contributed by atoms with Gasteiger partial charge in [-0.05, 0) is 26.0 Å². The normalized spacial score (nSPS) is 11.1. The van der Waals surface area contributed by atoms with Gasteiger partial charge in [-0.3, -0.25) is 4.79 Å². The average Bonchev–Trinajstić information content (AvgIpc) is 2.02. The van der Waals surface area contributed by atoms with E-state index in [1.165, 1.54) is 6.20 Å². The van der Waals surface area contributed by atoms with Gasteiger partial charge >= 0.3 is 0 Å². The molecule has 0 bridgehead atoms. The second-order valence-corrected chi connectivity index (χ2v) is 3.93. The Morgan fingerprint density at radius 3 is 2.79 bits per heavy atom. The van der Waals surface area contributed by atoms with E-state index in [4.69, 9.17) is 17.3 Å². The summed E-state index contributed by atoms with van der Waals surface area (Å²) < 4.78 is 0. The summed E-state index contributed by atoms with van der Waals surface area (Å²) in [5.74, 6) is -0.264. The Kier molecular flexibility index (Phi) is 3.08. The van der Waals surface area contributed by atoms with Gasteiger partial charge in [0.05, 0.1) is 5.54 Å². The number of amides is 1. The van der Waals surface area contributed by atoms with E-state index in [2.05, 4.69) is 10.3 Å². The lowest BCUT2D eigenvalue weighted by Crippen LogP contribution is -2.45. The molecule has 3 N–H and O–H groups in total. The third kappa shape index (κ3) is 2.97. The number of nitrogens with one attached hydrogen (secondary N) is 1. The zero-order chi connectivity index (χ0) is 10.8. The van der Waals surface area contributed by atoms with Crippen LogP contribution in [0.15, 0.2) is 18.3 Å². The summed E-state index contributed by atoms with van der Waals surface area (Å²) in [6, 6.07) is 3.21. The van der Waals surface area contributed by atoms with Crippen molar-refractivity contribution in [1.82, 2.24) is 4.98 Å². The van der Waals surface area contributed by atoms with Crippen molar-refractivity contribution in [3.63, 3.8) is 0 Å². The molecule has 14 heavy (non-hydrogen) atoms. The summed E-state index contributed by atoms with van der Waals surface area (Å²) in [6.45, 7) is 3.26. The van der Waals surface area contributed by atoms with E-state index in [0.29, 0.717) is 10.8 Å². The van der Waals surface area contributed by atoms with Crippen LogP contribution in [0, 0.1) is 0 Å². The Morgan fingerprint density at radius 2 is 2.29 bits per heavy atom. The lowest BCUT2D eigenvalue weighted by Gasteiger charge is -2.17. The quantitative estimate of drug-likeness (QED) is 0.730. The summed E-state index contributed by atoms with van der Waals surface area (Å²) in [4.78, 5) is 15.2. The molecule has 4 nitrogen and oxygen atoms in total. The van der Waals surface area contributed by atoms with Crippen LogP contribution in [0.5, 0.6) is 0 Å². The Labute approximate surface area is 87.5 Å². The van der Waals surface area contributed by atoms with Gasteiger partial charge < -0.3 is 11.1 Å². The molecular weight excluding hydrogens is 202 g/mol. The summed E-state index contributed by atoms with van der Waals surface area (Å²) in [5.41, 5.74) is 5.29. The molecule has 0 aromatic carbocycles. The Bertz CT molecular complexity index is 346. The maximum absolute atomic E-state index is 11.4. The largest absolute Gasteiger partial charge is 0.324 e. The predicted octanol–water partition coefficient (Wildman–Crippen LogP) is 1.41. The van der Waals surface area contributed by atoms with Gasteiger partial charge in [0, 0.05) is 11.9 Å². The van der Waals surface area contributed by atoms with Gasteiger partial charge in [-0.15, -0.1) is 0 Å². The first-order valence-electron chi connectivity index (χ1n) is 4.11. The Morgan fingerprint density at radius 1 is 1.64 bits per heavy atom. The van der Waals surface area contributed by atoms with Crippen molar-refractivity contribution >= 4 is 23.2 Å². The van der Waals surface area contributed by atoms with E-state index < -0.39 is 5.54 Å². The van der Waals surface area contributed by atoms with Crippen LogP contribution in [-0.2, 0) is 4.79 Å². The molecule has 0 aliphatic rings. The van der Waals surface area contributed by atoms with Gasteiger partial charge in [-0.1, -0.05) is 11.6 Å². The Hall–Kier alpha value is -1.13. The smallest absolute Gasteiger partial charge is 0.243 e. The van der Waals surface area contributed by atoms with Crippen LogP contribution in [0.3, 0.4) is 0 Å². The molecule has 1 aromatic rings. The molecule has 1 aromatic heterocycles. The fourth-order valence-corrected chi connectivity index (χ4v) is 0.946. The molecule has 0 atom stereocenters. The highest BCUT2D eigenvalue weighted by Crippen LogP contribution is 2.13.